The maximum absolute atomic E-state index is 13.3. The highest BCUT2D eigenvalue weighted by Crippen LogP contribution is 2.36. The van der Waals surface area contributed by atoms with Crippen LogP contribution in [0.25, 0.3) is 0 Å². The van der Waals surface area contributed by atoms with E-state index < -0.39 is 6.04 Å². The first-order chi connectivity index (χ1) is 13.8. The molecule has 4 rings (SSSR count). The van der Waals surface area contributed by atoms with E-state index in [0.29, 0.717) is 18.7 Å². The van der Waals surface area contributed by atoms with Gasteiger partial charge < -0.3 is 10.2 Å². The zero-order valence-corrected chi connectivity index (χ0v) is 17.3. The van der Waals surface area contributed by atoms with Gasteiger partial charge >= 0.3 is 6.03 Å². The van der Waals surface area contributed by atoms with Gasteiger partial charge in [-0.25, -0.2) is 4.79 Å². The highest BCUT2D eigenvalue weighted by Gasteiger charge is 2.42. The molecule has 1 aromatic heterocycles. The quantitative estimate of drug-likeness (QED) is 0.874. The second-order valence-corrected chi connectivity index (χ2v) is 8.70. The summed E-state index contributed by atoms with van der Waals surface area (Å²) >= 11 is 0. The van der Waals surface area contributed by atoms with Crippen LogP contribution >= 0.6 is 0 Å². The van der Waals surface area contributed by atoms with Gasteiger partial charge in [0.05, 0.1) is 23.9 Å². The number of hydrogen-bond donors (Lipinski definition) is 1. The number of nitrogens with zero attached hydrogens (tertiary/aromatic N) is 3. The molecule has 0 fully saturated rings. The summed E-state index contributed by atoms with van der Waals surface area (Å²) < 4.78 is 0. The number of amides is 3. The Kier molecular flexibility index (Phi) is 4.65. The van der Waals surface area contributed by atoms with E-state index in [1.54, 1.807) is 29.2 Å². The smallest absolute Gasteiger partial charge is 0.322 e. The van der Waals surface area contributed by atoms with Crippen molar-refractivity contribution in [1.29, 1.82) is 0 Å². The molecule has 0 bridgehead atoms. The van der Waals surface area contributed by atoms with Gasteiger partial charge in [0, 0.05) is 26.0 Å². The maximum Gasteiger partial charge on any atom is 0.322 e. The fourth-order valence-electron chi connectivity index (χ4n) is 3.89. The number of pyridine rings is 1. The molecule has 2 aliphatic heterocycles. The van der Waals surface area contributed by atoms with Gasteiger partial charge in [0.25, 0.3) is 5.91 Å². The Labute approximate surface area is 171 Å². The van der Waals surface area contributed by atoms with Crippen LogP contribution in [0.15, 0.2) is 60.1 Å². The van der Waals surface area contributed by atoms with Crippen molar-refractivity contribution in [2.45, 2.75) is 38.8 Å². The molecule has 0 radical (unpaired) electrons. The van der Waals surface area contributed by atoms with Crippen molar-refractivity contribution in [2.75, 3.05) is 13.6 Å². The number of nitrogens with one attached hydrogen (secondary N) is 1. The zero-order chi connectivity index (χ0) is 20.8. The molecule has 3 amide bonds. The highest BCUT2D eigenvalue weighted by atomic mass is 16.2. The molecule has 1 atom stereocenters. The molecule has 6 heteroatoms. The molecule has 150 valence electrons. The average Bonchev–Trinajstić information content (AvgIpc) is 3.02. The van der Waals surface area contributed by atoms with Crippen LogP contribution < -0.4 is 5.32 Å². The molecule has 0 aliphatic carbocycles. The Balaban J connectivity index is 1.65. The fraction of sp³-hybridized carbons (Fsp3) is 0.348. The minimum atomic E-state index is -0.436. The van der Waals surface area contributed by atoms with Gasteiger partial charge in [-0.15, -0.1) is 0 Å². The van der Waals surface area contributed by atoms with Crippen molar-refractivity contribution < 1.29 is 9.59 Å². The summed E-state index contributed by atoms with van der Waals surface area (Å²) in [7, 11) is 1.71. The number of hydrogen-bond acceptors (Lipinski definition) is 3. The molecule has 2 aliphatic rings. The number of carbonyl (C=O) groups is 2. The number of urea groups is 1. The third kappa shape index (κ3) is 3.50. The van der Waals surface area contributed by atoms with Gasteiger partial charge in [0.1, 0.15) is 0 Å². The number of carbonyl (C=O) groups excluding carboxylic acids is 2. The van der Waals surface area contributed by atoms with Crippen LogP contribution in [0.1, 0.15) is 43.5 Å². The van der Waals surface area contributed by atoms with Crippen LogP contribution in [0.5, 0.6) is 0 Å². The lowest BCUT2D eigenvalue weighted by molar-refractivity contribution is -0.126. The second-order valence-electron chi connectivity index (χ2n) is 8.70. The summed E-state index contributed by atoms with van der Waals surface area (Å²) in [5.74, 6) is -0.0411. The highest BCUT2D eigenvalue weighted by molar-refractivity contribution is 6.01. The van der Waals surface area contributed by atoms with Gasteiger partial charge in [-0.05, 0) is 28.2 Å². The van der Waals surface area contributed by atoms with Crippen molar-refractivity contribution >= 4 is 11.9 Å². The second kappa shape index (κ2) is 7.03. The summed E-state index contributed by atoms with van der Waals surface area (Å²) in [6, 6.07) is 11.4. The topological polar surface area (TPSA) is 65.5 Å². The van der Waals surface area contributed by atoms with Crippen LogP contribution in [-0.2, 0) is 16.8 Å². The van der Waals surface area contributed by atoms with Gasteiger partial charge in [-0.3, -0.25) is 14.7 Å². The van der Waals surface area contributed by atoms with Gasteiger partial charge in [0.15, 0.2) is 0 Å². The molecular weight excluding hydrogens is 364 g/mol. The Hall–Kier alpha value is -3.15. The van der Waals surface area contributed by atoms with Crippen molar-refractivity contribution in [3.63, 3.8) is 0 Å². The van der Waals surface area contributed by atoms with Gasteiger partial charge in [-0.1, -0.05) is 51.1 Å². The third-order valence-electron chi connectivity index (χ3n) is 5.64. The summed E-state index contributed by atoms with van der Waals surface area (Å²) in [5.41, 5.74) is 4.57. The van der Waals surface area contributed by atoms with Crippen molar-refractivity contribution in [2.24, 2.45) is 0 Å². The lowest BCUT2D eigenvalue weighted by atomic mass is 9.85. The molecule has 0 unspecified atom stereocenters. The SMILES string of the molecule is CN1C(=O)N[C@@H](c2ccc(C(C)(C)C)cc2)C2=C1CN(Cc1cccnc1)C2=O. The van der Waals surface area contributed by atoms with E-state index in [-0.39, 0.29) is 17.4 Å². The first-order valence-corrected chi connectivity index (χ1v) is 9.81. The summed E-state index contributed by atoms with van der Waals surface area (Å²) in [6.45, 7) is 7.38. The van der Waals surface area contributed by atoms with E-state index in [0.717, 1.165) is 16.8 Å². The molecule has 3 heterocycles. The van der Waals surface area contributed by atoms with Gasteiger partial charge in [0.2, 0.25) is 0 Å². The van der Waals surface area contributed by atoms with Crippen LogP contribution in [-0.4, -0.2) is 40.3 Å². The van der Waals surface area contributed by atoms with E-state index in [4.69, 9.17) is 0 Å². The van der Waals surface area contributed by atoms with E-state index in [2.05, 4.69) is 43.2 Å². The number of aromatic nitrogens is 1. The number of benzene rings is 1. The van der Waals surface area contributed by atoms with Crippen molar-refractivity contribution in [3.8, 4) is 0 Å². The summed E-state index contributed by atoms with van der Waals surface area (Å²) in [4.78, 5) is 33.3. The van der Waals surface area contributed by atoms with Crippen molar-refractivity contribution in [1.82, 2.24) is 20.1 Å². The lowest BCUT2D eigenvalue weighted by Gasteiger charge is -2.31. The van der Waals surface area contributed by atoms with E-state index in [9.17, 15) is 9.59 Å². The van der Waals surface area contributed by atoms with E-state index in [1.807, 2.05) is 24.3 Å². The molecule has 2 aromatic rings. The molecular formula is C23H26N4O2. The molecule has 6 nitrogen and oxygen atoms in total. The molecule has 1 aromatic carbocycles. The zero-order valence-electron chi connectivity index (χ0n) is 17.3. The van der Waals surface area contributed by atoms with E-state index >= 15 is 0 Å². The van der Waals surface area contributed by atoms with Crippen molar-refractivity contribution in [3.05, 3.63) is 76.8 Å². The normalized spacial score (nSPS) is 19.5. The van der Waals surface area contributed by atoms with Gasteiger partial charge in [-0.2, -0.15) is 0 Å². The molecule has 0 saturated heterocycles. The largest absolute Gasteiger partial charge is 0.329 e. The maximum atomic E-state index is 13.3. The Bertz CT molecular complexity index is 974. The number of rotatable bonds is 3. The fourth-order valence-corrected chi connectivity index (χ4v) is 3.89. The van der Waals surface area contributed by atoms with Crippen LogP contribution in [0.2, 0.25) is 0 Å². The Morgan fingerprint density at radius 1 is 1.14 bits per heavy atom. The molecule has 0 spiro atoms. The van der Waals surface area contributed by atoms with Crippen LogP contribution in [0.4, 0.5) is 4.79 Å². The Morgan fingerprint density at radius 2 is 1.86 bits per heavy atom. The third-order valence-corrected chi connectivity index (χ3v) is 5.64. The lowest BCUT2D eigenvalue weighted by Crippen LogP contribution is -2.45. The minimum absolute atomic E-state index is 0.0411. The van der Waals surface area contributed by atoms with Crippen LogP contribution in [0, 0.1) is 0 Å². The van der Waals surface area contributed by atoms with E-state index in [1.165, 1.54) is 5.56 Å². The Morgan fingerprint density at radius 3 is 2.48 bits per heavy atom. The predicted octanol–water partition coefficient (Wildman–Crippen LogP) is 3.37. The summed E-state index contributed by atoms with van der Waals surface area (Å²) in [6.07, 6.45) is 3.48. The monoisotopic (exact) mass is 390 g/mol. The molecule has 29 heavy (non-hydrogen) atoms. The predicted molar refractivity (Wildman–Crippen MR) is 111 cm³/mol. The first kappa shape index (κ1) is 19.2. The minimum Gasteiger partial charge on any atom is -0.329 e. The summed E-state index contributed by atoms with van der Waals surface area (Å²) in [5, 5.41) is 3.00. The average molecular weight is 390 g/mol. The standard InChI is InChI=1S/C23H26N4O2/c1-23(2,3)17-9-7-16(8-10-17)20-19-18(26(4)22(29)25-20)14-27(21(19)28)13-15-6-5-11-24-12-15/h5-12,20H,13-14H2,1-4H3,(H,25,29)/t20-/m0/s1. The van der Waals surface area contributed by atoms with Crippen LogP contribution in [0.3, 0.4) is 0 Å². The molecule has 1 N–H and O–H groups in total. The first-order valence-electron chi connectivity index (χ1n) is 9.81. The number of likely N-dealkylation sites (N-methyl/N-ethyl adjacent to an activating group) is 1. The molecule has 0 saturated carbocycles.